The van der Waals surface area contributed by atoms with Crippen LogP contribution in [0.4, 0.5) is 5.69 Å². The van der Waals surface area contributed by atoms with E-state index in [1.807, 2.05) is 6.07 Å². The van der Waals surface area contributed by atoms with E-state index in [4.69, 9.17) is 0 Å². The van der Waals surface area contributed by atoms with Crippen molar-refractivity contribution >= 4 is 23.4 Å². The van der Waals surface area contributed by atoms with Gasteiger partial charge < -0.3 is 10.3 Å². The zero-order valence-corrected chi connectivity index (χ0v) is 11.6. The number of carbonyl (C=O) groups is 1. The van der Waals surface area contributed by atoms with Gasteiger partial charge in [-0.3, -0.25) is 14.9 Å². The molecule has 0 fully saturated rings. The zero-order valence-electron chi connectivity index (χ0n) is 10.8. The predicted molar refractivity (Wildman–Crippen MR) is 76.8 cm³/mol. The molecule has 20 heavy (non-hydrogen) atoms. The van der Waals surface area contributed by atoms with Crippen LogP contribution in [0.2, 0.25) is 0 Å². The minimum atomic E-state index is -0.477. The van der Waals surface area contributed by atoms with Crippen LogP contribution in [0.5, 0.6) is 0 Å². The van der Waals surface area contributed by atoms with Crippen molar-refractivity contribution in [2.75, 3.05) is 6.26 Å². The molecule has 6 nitrogen and oxygen atoms in total. The number of nitrogens with zero attached hydrogens (tertiary/aromatic N) is 1. The van der Waals surface area contributed by atoms with Crippen molar-refractivity contribution < 1.29 is 9.72 Å². The fourth-order valence-electron chi connectivity index (χ4n) is 1.73. The van der Waals surface area contributed by atoms with Gasteiger partial charge >= 0.3 is 0 Å². The van der Waals surface area contributed by atoms with Crippen LogP contribution in [-0.2, 0) is 6.54 Å². The number of amides is 1. The summed E-state index contributed by atoms with van der Waals surface area (Å²) in [6.45, 7) is 0.375. The monoisotopic (exact) mass is 291 g/mol. The summed E-state index contributed by atoms with van der Waals surface area (Å²) < 4.78 is 0. The van der Waals surface area contributed by atoms with E-state index >= 15 is 0 Å². The molecule has 1 aromatic carbocycles. The van der Waals surface area contributed by atoms with E-state index < -0.39 is 4.92 Å². The third-order valence-electron chi connectivity index (χ3n) is 2.75. The number of carbonyl (C=O) groups excluding carboxylic acids is 1. The molecule has 104 valence electrons. The van der Waals surface area contributed by atoms with Crippen molar-refractivity contribution in [1.82, 2.24) is 10.3 Å². The first kappa shape index (κ1) is 14.1. The first-order valence-corrected chi connectivity index (χ1v) is 7.06. The number of thioether (sulfide) groups is 1. The molecule has 0 saturated heterocycles. The predicted octanol–water partition coefficient (Wildman–Crippen LogP) is 2.57. The fraction of sp³-hybridized carbons (Fsp3) is 0.154. The summed E-state index contributed by atoms with van der Waals surface area (Å²) in [6.07, 6.45) is 5.30. The molecule has 1 amide bonds. The highest BCUT2D eigenvalue weighted by atomic mass is 32.2. The second kappa shape index (κ2) is 6.25. The highest BCUT2D eigenvalue weighted by Gasteiger charge is 2.16. The van der Waals surface area contributed by atoms with E-state index in [1.165, 1.54) is 17.8 Å². The van der Waals surface area contributed by atoms with E-state index in [-0.39, 0.29) is 17.2 Å². The maximum absolute atomic E-state index is 12.0. The standard InChI is InChI=1S/C13H13N3O3S/c1-20-12-3-2-10(6-11(12)16(18)19)13(17)15-8-9-4-5-14-7-9/h2-7,14H,8H2,1H3,(H,15,17). The lowest BCUT2D eigenvalue weighted by Gasteiger charge is -2.05. The van der Waals surface area contributed by atoms with E-state index in [0.29, 0.717) is 11.4 Å². The molecule has 0 saturated carbocycles. The SMILES string of the molecule is CSc1ccc(C(=O)NCc2cc[nH]c2)cc1[N+](=O)[O-]. The highest BCUT2D eigenvalue weighted by molar-refractivity contribution is 7.98. The summed E-state index contributed by atoms with van der Waals surface area (Å²) in [5.41, 5.74) is 1.17. The molecule has 0 bridgehead atoms. The second-order valence-corrected chi connectivity index (χ2v) is 4.89. The Morgan fingerprint density at radius 1 is 1.45 bits per heavy atom. The molecule has 1 heterocycles. The molecule has 2 rings (SSSR count). The lowest BCUT2D eigenvalue weighted by molar-refractivity contribution is -0.387. The molecule has 1 aromatic heterocycles. The average Bonchev–Trinajstić information content (AvgIpc) is 2.97. The maximum atomic E-state index is 12.0. The van der Waals surface area contributed by atoms with Gasteiger partial charge in [-0.05, 0) is 30.0 Å². The molecule has 2 N–H and O–H groups in total. The number of hydrogen-bond donors (Lipinski definition) is 2. The summed E-state index contributed by atoms with van der Waals surface area (Å²) in [4.78, 5) is 25.9. The number of H-pyrrole nitrogens is 1. The van der Waals surface area contributed by atoms with Crippen LogP contribution in [0.3, 0.4) is 0 Å². The molecule has 0 aliphatic carbocycles. The van der Waals surface area contributed by atoms with Crippen LogP contribution in [0.25, 0.3) is 0 Å². The number of benzene rings is 1. The van der Waals surface area contributed by atoms with Gasteiger partial charge in [0.1, 0.15) is 0 Å². The Kier molecular flexibility index (Phi) is 4.41. The van der Waals surface area contributed by atoms with Gasteiger partial charge in [0.25, 0.3) is 11.6 Å². The van der Waals surface area contributed by atoms with E-state index in [2.05, 4.69) is 10.3 Å². The van der Waals surface area contributed by atoms with Crippen molar-refractivity contribution in [3.8, 4) is 0 Å². The number of rotatable bonds is 5. The average molecular weight is 291 g/mol. The van der Waals surface area contributed by atoms with Crippen molar-refractivity contribution in [3.63, 3.8) is 0 Å². The lowest BCUT2D eigenvalue weighted by Crippen LogP contribution is -2.22. The van der Waals surface area contributed by atoms with Gasteiger partial charge in [0, 0.05) is 30.6 Å². The normalized spacial score (nSPS) is 10.2. The summed E-state index contributed by atoms with van der Waals surface area (Å²) in [7, 11) is 0. The largest absolute Gasteiger partial charge is 0.367 e. The quantitative estimate of drug-likeness (QED) is 0.503. The smallest absolute Gasteiger partial charge is 0.283 e. The van der Waals surface area contributed by atoms with E-state index in [0.717, 1.165) is 5.56 Å². The van der Waals surface area contributed by atoms with Crippen molar-refractivity contribution in [3.05, 3.63) is 57.9 Å². The first-order valence-electron chi connectivity index (χ1n) is 5.84. The topological polar surface area (TPSA) is 88.0 Å². The molecule has 2 aromatic rings. The van der Waals surface area contributed by atoms with Crippen LogP contribution in [0.15, 0.2) is 41.6 Å². The molecule has 0 radical (unpaired) electrons. The van der Waals surface area contributed by atoms with Crippen molar-refractivity contribution in [2.45, 2.75) is 11.4 Å². The van der Waals surface area contributed by atoms with Gasteiger partial charge in [-0.2, -0.15) is 0 Å². The van der Waals surface area contributed by atoms with Gasteiger partial charge in [-0.1, -0.05) is 0 Å². The van der Waals surface area contributed by atoms with Gasteiger partial charge in [-0.25, -0.2) is 0 Å². The number of nitro benzene ring substituents is 1. The van der Waals surface area contributed by atoms with E-state index in [9.17, 15) is 14.9 Å². The minimum Gasteiger partial charge on any atom is -0.367 e. The van der Waals surface area contributed by atoms with Crippen LogP contribution >= 0.6 is 11.8 Å². The Bertz CT molecular complexity index is 626. The molecular formula is C13H13N3O3S. The van der Waals surface area contributed by atoms with Crippen LogP contribution < -0.4 is 5.32 Å². The summed E-state index contributed by atoms with van der Waals surface area (Å²) in [5.74, 6) is -0.332. The molecule has 7 heteroatoms. The Balaban J connectivity index is 2.13. The van der Waals surface area contributed by atoms with Gasteiger partial charge in [-0.15, -0.1) is 11.8 Å². The van der Waals surface area contributed by atoms with Crippen molar-refractivity contribution in [2.24, 2.45) is 0 Å². The summed E-state index contributed by atoms with van der Waals surface area (Å²) in [5, 5.41) is 13.7. The number of aromatic nitrogens is 1. The Labute approximate surface area is 119 Å². The lowest BCUT2D eigenvalue weighted by atomic mass is 10.2. The fourth-order valence-corrected chi connectivity index (χ4v) is 2.27. The number of nitro groups is 1. The number of aromatic amines is 1. The third kappa shape index (κ3) is 3.18. The number of hydrogen-bond acceptors (Lipinski definition) is 4. The number of nitrogens with one attached hydrogen (secondary N) is 2. The Morgan fingerprint density at radius 2 is 2.25 bits per heavy atom. The molecular weight excluding hydrogens is 278 g/mol. The molecule has 0 atom stereocenters. The molecule has 0 spiro atoms. The van der Waals surface area contributed by atoms with Crippen molar-refractivity contribution in [1.29, 1.82) is 0 Å². The third-order valence-corrected chi connectivity index (χ3v) is 3.54. The maximum Gasteiger partial charge on any atom is 0.283 e. The molecule has 0 aliphatic heterocycles. The first-order chi connectivity index (χ1) is 9.61. The molecule has 0 aliphatic rings. The van der Waals surface area contributed by atoms with Crippen LogP contribution in [0, 0.1) is 10.1 Å². The Morgan fingerprint density at radius 3 is 2.85 bits per heavy atom. The van der Waals surface area contributed by atoms with Gasteiger partial charge in [0.15, 0.2) is 0 Å². The van der Waals surface area contributed by atoms with Gasteiger partial charge in [0.05, 0.1) is 9.82 Å². The van der Waals surface area contributed by atoms with Crippen LogP contribution in [-0.4, -0.2) is 22.1 Å². The second-order valence-electron chi connectivity index (χ2n) is 4.05. The van der Waals surface area contributed by atoms with Gasteiger partial charge in [0.2, 0.25) is 0 Å². The highest BCUT2D eigenvalue weighted by Crippen LogP contribution is 2.28. The van der Waals surface area contributed by atoms with Crippen LogP contribution in [0.1, 0.15) is 15.9 Å². The zero-order chi connectivity index (χ0) is 14.5. The van der Waals surface area contributed by atoms with E-state index in [1.54, 1.807) is 30.8 Å². The Hall–Kier alpha value is -2.28. The molecule has 0 unspecified atom stereocenters. The summed E-state index contributed by atoms with van der Waals surface area (Å²) in [6, 6.07) is 6.33. The summed E-state index contributed by atoms with van der Waals surface area (Å²) >= 11 is 1.28. The minimum absolute atomic E-state index is 0.0493.